The van der Waals surface area contributed by atoms with Crippen molar-refractivity contribution in [2.75, 3.05) is 0 Å². The lowest BCUT2D eigenvalue weighted by atomic mass is 10.0. The minimum Gasteiger partial charge on any atom is -0.438 e. The Kier molecular flexibility index (Phi) is 6.31. The number of rotatable bonds is 7. The van der Waals surface area contributed by atoms with E-state index in [4.69, 9.17) is 9.72 Å². The highest BCUT2D eigenvalue weighted by atomic mass is 19.1. The van der Waals surface area contributed by atoms with Gasteiger partial charge < -0.3 is 9.84 Å². The van der Waals surface area contributed by atoms with E-state index in [0.29, 0.717) is 23.6 Å². The Morgan fingerprint density at radius 3 is 2.61 bits per heavy atom. The van der Waals surface area contributed by atoms with Crippen LogP contribution in [0.2, 0.25) is 0 Å². The average Bonchev–Trinajstić information content (AvgIpc) is 3.36. The van der Waals surface area contributed by atoms with Gasteiger partial charge in [0.05, 0.1) is 23.5 Å². The quantitative estimate of drug-likeness (QED) is 0.291. The molecule has 36 heavy (non-hydrogen) atoms. The fourth-order valence-corrected chi connectivity index (χ4v) is 3.99. The van der Waals surface area contributed by atoms with Gasteiger partial charge >= 0.3 is 0 Å². The second-order valence-electron chi connectivity index (χ2n) is 8.78. The highest BCUT2D eigenvalue weighted by Crippen LogP contribution is 2.34. The number of aromatic nitrogens is 4. The molecule has 5 aromatic rings. The Morgan fingerprint density at radius 1 is 1.08 bits per heavy atom. The van der Waals surface area contributed by atoms with Gasteiger partial charge in [0.2, 0.25) is 5.88 Å². The van der Waals surface area contributed by atoms with E-state index < -0.39 is 11.9 Å². The van der Waals surface area contributed by atoms with Crippen molar-refractivity contribution in [1.29, 1.82) is 0 Å². The maximum atomic E-state index is 13.8. The summed E-state index contributed by atoms with van der Waals surface area (Å²) < 4.78 is 21.8. The molecule has 6 nitrogen and oxygen atoms in total. The van der Waals surface area contributed by atoms with Crippen molar-refractivity contribution in [1.82, 2.24) is 20.0 Å². The molecular formula is C29H25FN4O2. The second-order valence-corrected chi connectivity index (χ2v) is 8.78. The number of aliphatic hydroxyl groups is 1. The summed E-state index contributed by atoms with van der Waals surface area (Å²) >= 11 is 0. The highest BCUT2D eigenvalue weighted by molar-refractivity contribution is 5.82. The minimum absolute atomic E-state index is 0.359. The second kappa shape index (κ2) is 9.71. The van der Waals surface area contributed by atoms with Gasteiger partial charge in [0.15, 0.2) is 0 Å². The van der Waals surface area contributed by atoms with Crippen LogP contribution >= 0.6 is 0 Å². The van der Waals surface area contributed by atoms with Crippen molar-refractivity contribution in [2.45, 2.75) is 26.4 Å². The number of allylic oxidation sites excluding steroid dienone is 1. The van der Waals surface area contributed by atoms with Crippen molar-refractivity contribution >= 4 is 16.5 Å². The summed E-state index contributed by atoms with van der Waals surface area (Å²) in [6, 6.07) is 22.0. The summed E-state index contributed by atoms with van der Waals surface area (Å²) in [4.78, 5) is 4.80. The number of benzene rings is 3. The number of pyridine rings is 1. The maximum absolute atomic E-state index is 13.8. The number of ether oxygens (including phenoxy) is 1. The minimum atomic E-state index is -0.900. The van der Waals surface area contributed by atoms with Crippen LogP contribution in [-0.2, 0) is 6.42 Å². The predicted molar refractivity (Wildman–Crippen MR) is 138 cm³/mol. The van der Waals surface area contributed by atoms with Gasteiger partial charge in [-0.2, -0.15) is 0 Å². The van der Waals surface area contributed by atoms with Gasteiger partial charge in [-0.05, 0) is 67.4 Å². The molecular weight excluding hydrogens is 455 g/mol. The third-order valence-electron chi connectivity index (χ3n) is 5.90. The summed E-state index contributed by atoms with van der Waals surface area (Å²) in [5, 5.41) is 19.5. The first-order chi connectivity index (χ1) is 17.4. The van der Waals surface area contributed by atoms with Crippen LogP contribution in [0.15, 0.2) is 85.6 Å². The van der Waals surface area contributed by atoms with Crippen LogP contribution in [0.25, 0.3) is 22.2 Å². The summed E-state index contributed by atoms with van der Waals surface area (Å²) in [6.07, 6.45) is 1.52. The zero-order valence-corrected chi connectivity index (χ0v) is 20.0. The van der Waals surface area contributed by atoms with Gasteiger partial charge in [-0.25, -0.2) is 14.1 Å². The lowest BCUT2D eigenvalue weighted by molar-refractivity contribution is 0.195. The molecule has 1 N–H and O–H groups in total. The maximum Gasteiger partial charge on any atom is 0.223 e. The van der Waals surface area contributed by atoms with E-state index in [1.54, 1.807) is 11.6 Å². The van der Waals surface area contributed by atoms with Crippen LogP contribution < -0.4 is 4.74 Å². The van der Waals surface area contributed by atoms with Crippen molar-refractivity contribution in [2.24, 2.45) is 0 Å². The van der Waals surface area contributed by atoms with E-state index in [1.807, 2.05) is 67.7 Å². The van der Waals surface area contributed by atoms with E-state index >= 15 is 0 Å². The molecule has 0 radical (unpaired) electrons. The fourth-order valence-electron chi connectivity index (χ4n) is 3.99. The summed E-state index contributed by atoms with van der Waals surface area (Å²) in [5.41, 5.74) is 5.45. The molecule has 7 heteroatoms. The standard InChI is InChI=1S/C29H25FN4O2/c1-18(2)27-17-34(33-32-27)24-10-11-26-21(15-24)14-22(13-20-7-5-4-6-8-20)29(31-26)36-28-12-9-23(30)16-25(28)19(3)35/h4-12,14-17,19,35H,1,13H2,2-3H3. The Hall–Kier alpha value is -4.36. The van der Waals surface area contributed by atoms with Crippen LogP contribution in [0.3, 0.4) is 0 Å². The first kappa shape index (κ1) is 23.4. The Bertz CT molecular complexity index is 1560. The Labute approximate surface area is 208 Å². The highest BCUT2D eigenvalue weighted by Gasteiger charge is 2.16. The van der Waals surface area contributed by atoms with E-state index in [0.717, 1.165) is 39.0 Å². The van der Waals surface area contributed by atoms with Gasteiger partial charge in [0, 0.05) is 22.9 Å². The molecule has 5 rings (SSSR count). The predicted octanol–water partition coefficient (Wildman–Crippen LogP) is 6.42. The molecule has 0 aliphatic rings. The number of hydrogen-bond donors (Lipinski definition) is 1. The Morgan fingerprint density at radius 2 is 1.89 bits per heavy atom. The largest absolute Gasteiger partial charge is 0.438 e. The van der Waals surface area contributed by atoms with Crippen LogP contribution in [-0.4, -0.2) is 25.1 Å². The molecule has 1 atom stereocenters. The third-order valence-corrected chi connectivity index (χ3v) is 5.90. The number of halogens is 1. The van der Waals surface area contributed by atoms with Gasteiger partial charge in [-0.3, -0.25) is 0 Å². The molecule has 2 aromatic heterocycles. The van der Waals surface area contributed by atoms with E-state index in [1.165, 1.54) is 18.2 Å². The molecule has 0 saturated carbocycles. The molecule has 1 unspecified atom stereocenters. The molecule has 0 saturated heterocycles. The lowest BCUT2D eigenvalue weighted by Gasteiger charge is -2.16. The molecule has 180 valence electrons. The van der Waals surface area contributed by atoms with Crippen LogP contribution in [0, 0.1) is 5.82 Å². The molecule has 0 spiro atoms. The monoisotopic (exact) mass is 480 g/mol. The van der Waals surface area contributed by atoms with Crippen LogP contribution in [0.4, 0.5) is 4.39 Å². The molecule has 0 bridgehead atoms. The molecule has 0 fully saturated rings. The van der Waals surface area contributed by atoms with Crippen molar-refractivity contribution in [3.63, 3.8) is 0 Å². The summed E-state index contributed by atoms with van der Waals surface area (Å²) in [5.74, 6) is 0.321. The first-order valence-corrected chi connectivity index (χ1v) is 11.6. The van der Waals surface area contributed by atoms with E-state index in [9.17, 15) is 9.50 Å². The smallest absolute Gasteiger partial charge is 0.223 e. The van der Waals surface area contributed by atoms with E-state index in [2.05, 4.69) is 16.9 Å². The SMILES string of the molecule is C=C(C)c1cn(-c2ccc3nc(Oc4ccc(F)cc4C(C)O)c(Cc4ccccc4)cc3c2)nn1. The van der Waals surface area contributed by atoms with Crippen molar-refractivity contribution in [3.05, 3.63) is 114 Å². The average molecular weight is 481 g/mol. The third kappa shape index (κ3) is 4.87. The van der Waals surface area contributed by atoms with Gasteiger partial charge in [0.1, 0.15) is 17.3 Å². The molecule has 0 aliphatic heterocycles. The first-order valence-electron chi connectivity index (χ1n) is 11.6. The Balaban J connectivity index is 1.60. The topological polar surface area (TPSA) is 73.1 Å². The van der Waals surface area contributed by atoms with Gasteiger partial charge in [-0.15, -0.1) is 5.10 Å². The van der Waals surface area contributed by atoms with Crippen molar-refractivity contribution < 1.29 is 14.2 Å². The summed E-state index contributed by atoms with van der Waals surface area (Å²) in [6.45, 7) is 7.39. The number of aliphatic hydroxyl groups excluding tert-OH is 1. The van der Waals surface area contributed by atoms with Crippen LogP contribution in [0.1, 0.15) is 42.3 Å². The molecule has 0 aliphatic carbocycles. The van der Waals surface area contributed by atoms with Gasteiger partial charge in [-0.1, -0.05) is 42.1 Å². The summed E-state index contributed by atoms with van der Waals surface area (Å²) in [7, 11) is 0. The number of nitrogens with zero attached hydrogens (tertiary/aromatic N) is 4. The molecule has 0 amide bonds. The van der Waals surface area contributed by atoms with E-state index in [-0.39, 0.29) is 0 Å². The fraction of sp³-hybridized carbons (Fsp3) is 0.138. The normalized spacial score (nSPS) is 12.0. The number of fused-ring (bicyclic) bond motifs is 1. The molecule has 3 aromatic carbocycles. The zero-order valence-electron chi connectivity index (χ0n) is 20.0. The van der Waals surface area contributed by atoms with Crippen molar-refractivity contribution in [3.8, 4) is 17.3 Å². The van der Waals surface area contributed by atoms with Crippen LogP contribution in [0.5, 0.6) is 11.6 Å². The molecule has 2 heterocycles. The zero-order chi connectivity index (χ0) is 25.2. The van der Waals surface area contributed by atoms with Gasteiger partial charge in [0.25, 0.3) is 0 Å². The number of hydrogen-bond acceptors (Lipinski definition) is 5. The lowest BCUT2D eigenvalue weighted by Crippen LogP contribution is -2.02.